The van der Waals surface area contributed by atoms with Gasteiger partial charge in [-0.05, 0) is 50.4 Å². The Balaban J connectivity index is 1.71. The number of benzene rings is 1. The van der Waals surface area contributed by atoms with Crippen LogP contribution in [0.15, 0.2) is 24.3 Å². The molecular weight excluding hydrogens is 300 g/mol. The van der Waals surface area contributed by atoms with Crippen molar-refractivity contribution in [2.45, 2.75) is 38.7 Å². The average molecular weight is 325 g/mol. The van der Waals surface area contributed by atoms with Crippen LogP contribution in [-0.4, -0.2) is 31.6 Å². The number of ether oxygens (including phenoxy) is 1. The molecular formula is C17H25ClN2O2. The maximum atomic E-state index is 11.9. The van der Waals surface area contributed by atoms with Crippen LogP contribution >= 0.6 is 11.6 Å². The van der Waals surface area contributed by atoms with E-state index in [0.29, 0.717) is 29.7 Å². The first-order valence-corrected chi connectivity index (χ1v) is 8.45. The van der Waals surface area contributed by atoms with Crippen molar-refractivity contribution in [2.75, 3.05) is 19.6 Å². The third kappa shape index (κ3) is 5.50. The molecule has 1 aromatic carbocycles. The van der Waals surface area contributed by atoms with Gasteiger partial charge in [-0.3, -0.25) is 4.79 Å². The van der Waals surface area contributed by atoms with Crippen LogP contribution < -0.4 is 15.4 Å². The molecule has 5 heteroatoms. The minimum atomic E-state index is -0.0583. The molecule has 1 saturated heterocycles. The molecule has 0 saturated carbocycles. The van der Waals surface area contributed by atoms with Gasteiger partial charge in [-0.2, -0.15) is 0 Å². The van der Waals surface area contributed by atoms with Gasteiger partial charge < -0.3 is 15.4 Å². The van der Waals surface area contributed by atoms with Gasteiger partial charge in [0.05, 0.1) is 11.6 Å². The minimum Gasteiger partial charge on any atom is -0.487 e. The van der Waals surface area contributed by atoms with Gasteiger partial charge in [-0.25, -0.2) is 0 Å². The first-order valence-electron chi connectivity index (χ1n) is 8.07. The number of amides is 1. The lowest BCUT2D eigenvalue weighted by Crippen LogP contribution is -2.35. The topological polar surface area (TPSA) is 50.4 Å². The Kier molecular flexibility index (Phi) is 7.00. The van der Waals surface area contributed by atoms with E-state index >= 15 is 0 Å². The fourth-order valence-corrected chi connectivity index (χ4v) is 2.78. The Labute approximate surface area is 137 Å². The molecule has 1 aromatic rings. The van der Waals surface area contributed by atoms with Crippen LogP contribution in [-0.2, 0) is 4.79 Å². The summed E-state index contributed by atoms with van der Waals surface area (Å²) in [4.78, 5) is 11.9. The molecule has 4 nitrogen and oxygen atoms in total. The standard InChI is InChI=1S/C17H25ClN2O2/c1-2-14(22-16-6-4-3-5-15(16)18)12-20-17(21)8-7-13-9-10-19-11-13/h3-6,13-14,19H,2,7-12H2,1H3,(H,20,21). The smallest absolute Gasteiger partial charge is 0.220 e. The number of carbonyl (C=O) groups excluding carboxylic acids is 1. The van der Waals surface area contributed by atoms with Crippen LogP contribution in [0.1, 0.15) is 32.6 Å². The van der Waals surface area contributed by atoms with Gasteiger partial charge >= 0.3 is 0 Å². The molecule has 0 aromatic heterocycles. The average Bonchev–Trinajstić information content (AvgIpc) is 3.04. The number of halogens is 1. The third-order valence-electron chi connectivity index (χ3n) is 4.05. The monoisotopic (exact) mass is 324 g/mol. The maximum absolute atomic E-state index is 11.9. The van der Waals surface area contributed by atoms with Crippen molar-refractivity contribution in [2.24, 2.45) is 5.92 Å². The highest BCUT2D eigenvalue weighted by Gasteiger charge is 2.16. The molecule has 2 rings (SSSR count). The van der Waals surface area contributed by atoms with Crippen molar-refractivity contribution in [1.29, 1.82) is 0 Å². The van der Waals surface area contributed by atoms with E-state index in [1.165, 1.54) is 6.42 Å². The Morgan fingerprint density at radius 1 is 1.50 bits per heavy atom. The van der Waals surface area contributed by atoms with Crippen LogP contribution in [0.3, 0.4) is 0 Å². The van der Waals surface area contributed by atoms with Gasteiger partial charge in [-0.15, -0.1) is 0 Å². The number of nitrogens with one attached hydrogen (secondary N) is 2. The summed E-state index contributed by atoms with van der Waals surface area (Å²) in [7, 11) is 0. The van der Waals surface area contributed by atoms with Crippen molar-refractivity contribution >= 4 is 17.5 Å². The summed E-state index contributed by atoms with van der Waals surface area (Å²) in [6.45, 7) is 4.68. The summed E-state index contributed by atoms with van der Waals surface area (Å²) in [6.07, 6.45) is 3.49. The number of hydrogen-bond donors (Lipinski definition) is 2. The molecule has 2 unspecified atom stereocenters. The summed E-state index contributed by atoms with van der Waals surface area (Å²) >= 11 is 6.09. The molecule has 1 aliphatic heterocycles. The summed E-state index contributed by atoms with van der Waals surface area (Å²) < 4.78 is 5.87. The predicted molar refractivity (Wildman–Crippen MR) is 89.4 cm³/mol. The largest absolute Gasteiger partial charge is 0.487 e. The van der Waals surface area contributed by atoms with Crippen molar-refractivity contribution in [3.8, 4) is 5.75 Å². The van der Waals surface area contributed by atoms with Gasteiger partial charge in [0.15, 0.2) is 0 Å². The van der Waals surface area contributed by atoms with E-state index in [2.05, 4.69) is 10.6 Å². The Hall–Kier alpha value is -1.26. The van der Waals surface area contributed by atoms with Crippen molar-refractivity contribution in [1.82, 2.24) is 10.6 Å². The molecule has 0 bridgehead atoms. The summed E-state index contributed by atoms with van der Waals surface area (Å²) in [5, 5.41) is 6.89. The lowest BCUT2D eigenvalue weighted by molar-refractivity contribution is -0.121. The van der Waals surface area contributed by atoms with E-state index < -0.39 is 0 Å². The maximum Gasteiger partial charge on any atom is 0.220 e. The van der Waals surface area contributed by atoms with Gasteiger partial charge in [0.1, 0.15) is 11.9 Å². The van der Waals surface area contributed by atoms with Crippen LogP contribution in [0.4, 0.5) is 0 Å². The molecule has 2 atom stereocenters. The molecule has 122 valence electrons. The number of rotatable bonds is 8. The fraction of sp³-hybridized carbons (Fsp3) is 0.588. The van der Waals surface area contributed by atoms with E-state index in [-0.39, 0.29) is 12.0 Å². The highest BCUT2D eigenvalue weighted by molar-refractivity contribution is 6.32. The summed E-state index contributed by atoms with van der Waals surface area (Å²) in [5.74, 6) is 1.42. The lowest BCUT2D eigenvalue weighted by atomic mass is 10.0. The van der Waals surface area contributed by atoms with E-state index in [1.54, 1.807) is 6.07 Å². The Morgan fingerprint density at radius 2 is 2.32 bits per heavy atom. The number of para-hydroxylation sites is 1. The molecule has 2 N–H and O–H groups in total. The summed E-state index contributed by atoms with van der Waals surface area (Å²) in [6, 6.07) is 7.41. The molecule has 0 spiro atoms. The number of carbonyl (C=O) groups is 1. The SMILES string of the molecule is CCC(CNC(=O)CCC1CCNC1)Oc1ccccc1Cl. The molecule has 1 amide bonds. The summed E-state index contributed by atoms with van der Waals surface area (Å²) in [5.41, 5.74) is 0. The van der Waals surface area contributed by atoms with Crippen LogP contribution in [0.5, 0.6) is 5.75 Å². The Morgan fingerprint density at radius 3 is 3.00 bits per heavy atom. The minimum absolute atomic E-state index is 0.0583. The number of hydrogen-bond acceptors (Lipinski definition) is 3. The zero-order valence-corrected chi connectivity index (χ0v) is 13.9. The van der Waals surface area contributed by atoms with Crippen LogP contribution in [0.2, 0.25) is 5.02 Å². The second kappa shape index (κ2) is 9.01. The fourth-order valence-electron chi connectivity index (χ4n) is 2.60. The normalized spacial score (nSPS) is 18.9. The molecule has 0 aliphatic carbocycles. The molecule has 22 heavy (non-hydrogen) atoms. The van der Waals surface area contributed by atoms with Crippen LogP contribution in [0.25, 0.3) is 0 Å². The van der Waals surface area contributed by atoms with Gasteiger partial charge in [0.2, 0.25) is 5.91 Å². The lowest BCUT2D eigenvalue weighted by Gasteiger charge is -2.19. The molecule has 1 fully saturated rings. The zero-order chi connectivity index (χ0) is 15.8. The predicted octanol–water partition coefficient (Wildman–Crippen LogP) is 3.00. The quantitative estimate of drug-likeness (QED) is 0.773. The van der Waals surface area contributed by atoms with Gasteiger partial charge in [0, 0.05) is 6.42 Å². The van der Waals surface area contributed by atoms with E-state index in [4.69, 9.17) is 16.3 Å². The van der Waals surface area contributed by atoms with E-state index in [0.717, 1.165) is 25.9 Å². The first-order chi connectivity index (χ1) is 10.7. The van der Waals surface area contributed by atoms with Gasteiger partial charge in [0.25, 0.3) is 0 Å². The second-order valence-corrected chi connectivity index (χ2v) is 6.19. The van der Waals surface area contributed by atoms with Crippen LogP contribution in [0, 0.1) is 5.92 Å². The second-order valence-electron chi connectivity index (χ2n) is 5.78. The highest BCUT2D eigenvalue weighted by Crippen LogP contribution is 2.24. The van der Waals surface area contributed by atoms with E-state index in [1.807, 2.05) is 25.1 Å². The Bertz CT molecular complexity index is 475. The first kappa shape index (κ1) is 17.1. The van der Waals surface area contributed by atoms with Crippen molar-refractivity contribution in [3.05, 3.63) is 29.3 Å². The van der Waals surface area contributed by atoms with Crippen molar-refractivity contribution in [3.63, 3.8) is 0 Å². The zero-order valence-electron chi connectivity index (χ0n) is 13.1. The van der Waals surface area contributed by atoms with Crippen molar-refractivity contribution < 1.29 is 9.53 Å². The molecule has 1 aliphatic rings. The van der Waals surface area contributed by atoms with Gasteiger partial charge in [-0.1, -0.05) is 30.7 Å². The highest BCUT2D eigenvalue weighted by atomic mass is 35.5. The molecule has 0 radical (unpaired) electrons. The third-order valence-corrected chi connectivity index (χ3v) is 4.37. The van der Waals surface area contributed by atoms with E-state index in [9.17, 15) is 4.79 Å². The molecule has 1 heterocycles.